The molecule has 0 spiro atoms. The van der Waals surface area contributed by atoms with E-state index < -0.39 is 0 Å². The van der Waals surface area contributed by atoms with Crippen LogP contribution in [0.15, 0.2) is 54.7 Å². The van der Waals surface area contributed by atoms with E-state index in [9.17, 15) is 10.5 Å². The van der Waals surface area contributed by atoms with Crippen LogP contribution in [0.25, 0.3) is 38.1 Å². The number of fused-ring (bicyclic) bond motifs is 1. The summed E-state index contributed by atoms with van der Waals surface area (Å²) in [7, 11) is 1.55. The molecule has 0 aliphatic rings. The number of hydrogen-bond acceptors (Lipinski definition) is 6. The smallest absolute Gasteiger partial charge is 0.215 e. The van der Waals surface area contributed by atoms with Crippen molar-refractivity contribution in [2.75, 3.05) is 7.11 Å². The summed E-state index contributed by atoms with van der Waals surface area (Å²) in [5.41, 5.74) is 6.28. The number of imidazole rings is 1. The molecule has 0 fully saturated rings. The first-order chi connectivity index (χ1) is 17.0. The zero-order valence-corrected chi connectivity index (χ0v) is 20.1. The van der Waals surface area contributed by atoms with Crippen LogP contribution in [0.4, 0.5) is 0 Å². The van der Waals surface area contributed by atoms with Gasteiger partial charge in [0.05, 0.1) is 35.5 Å². The number of aromatic nitrogens is 4. The number of nitrogens with zero attached hydrogens (tertiary/aromatic N) is 5. The lowest BCUT2D eigenvalue weighted by molar-refractivity contribution is 0.398. The Morgan fingerprint density at radius 3 is 2.66 bits per heavy atom. The molecular weight excluding hydrogens is 456 g/mol. The van der Waals surface area contributed by atoms with Crippen molar-refractivity contribution in [1.82, 2.24) is 19.5 Å². The van der Waals surface area contributed by atoms with Crippen molar-refractivity contribution in [2.24, 2.45) is 0 Å². The van der Waals surface area contributed by atoms with Gasteiger partial charge in [-0.3, -0.25) is 0 Å². The maximum absolute atomic E-state index is 9.90. The Kier molecular flexibility index (Phi) is 5.66. The molecule has 0 saturated carbocycles. The number of H-pyrrole nitrogens is 1. The van der Waals surface area contributed by atoms with Crippen LogP contribution in [-0.4, -0.2) is 26.6 Å². The van der Waals surface area contributed by atoms with E-state index in [2.05, 4.69) is 31.7 Å². The quantitative estimate of drug-likeness (QED) is 0.312. The van der Waals surface area contributed by atoms with Gasteiger partial charge in [-0.2, -0.15) is 10.5 Å². The minimum atomic E-state index is 0.400. The largest absolute Gasteiger partial charge is 0.481 e. The number of allylic oxidation sites excluding steroid dienone is 1. The van der Waals surface area contributed by atoms with E-state index >= 15 is 0 Å². The van der Waals surface area contributed by atoms with E-state index in [1.165, 1.54) is 0 Å². The molecule has 1 N–H and O–H groups in total. The van der Waals surface area contributed by atoms with E-state index in [1.807, 2.05) is 62.4 Å². The summed E-state index contributed by atoms with van der Waals surface area (Å²) in [4.78, 5) is 12.9. The molecule has 0 unspecified atom stereocenters. The van der Waals surface area contributed by atoms with Gasteiger partial charge in [-0.15, -0.1) is 11.3 Å². The maximum atomic E-state index is 9.90. The Labute approximate surface area is 206 Å². The highest BCUT2D eigenvalue weighted by Gasteiger charge is 2.18. The number of nitriles is 2. The normalized spacial score (nSPS) is 11.4. The molecule has 0 aliphatic carbocycles. The van der Waals surface area contributed by atoms with E-state index in [1.54, 1.807) is 30.7 Å². The third kappa shape index (κ3) is 3.97. The van der Waals surface area contributed by atoms with E-state index in [4.69, 9.17) is 4.74 Å². The Balaban J connectivity index is 1.58. The van der Waals surface area contributed by atoms with Crippen molar-refractivity contribution in [3.63, 3.8) is 0 Å². The van der Waals surface area contributed by atoms with Gasteiger partial charge in [0.1, 0.15) is 23.0 Å². The minimum Gasteiger partial charge on any atom is -0.481 e. The topological polar surface area (TPSA) is 103 Å². The first-order valence-corrected chi connectivity index (χ1v) is 11.6. The number of ether oxygens (including phenoxy) is 1. The number of rotatable bonds is 5. The van der Waals surface area contributed by atoms with Gasteiger partial charge in [0, 0.05) is 22.3 Å². The number of thiophene rings is 1. The van der Waals surface area contributed by atoms with Gasteiger partial charge in [-0.1, -0.05) is 30.3 Å². The van der Waals surface area contributed by atoms with Crippen molar-refractivity contribution in [1.29, 1.82) is 10.5 Å². The molecule has 0 atom stereocenters. The zero-order valence-electron chi connectivity index (χ0n) is 19.3. The summed E-state index contributed by atoms with van der Waals surface area (Å²) in [6, 6.07) is 20.3. The van der Waals surface area contributed by atoms with Crippen LogP contribution < -0.4 is 4.74 Å². The van der Waals surface area contributed by atoms with Gasteiger partial charge in [0.15, 0.2) is 0 Å². The summed E-state index contributed by atoms with van der Waals surface area (Å²) in [5, 5.41) is 20.6. The fourth-order valence-electron chi connectivity index (χ4n) is 4.06. The van der Waals surface area contributed by atoms with Crippen LogP contribution in [0.2, 0.25) is 0 Å². The molecule has 0 amide bonds. The Morgan fingerprint density at radius 1 is 1.14 bits per heavy atom. The molecule has 35 heavy (non-hydrogen) atoms. The Hall–Kier alpha value is -4.66. The average molecular weight is 477 g/mol. The van der Waals surface area contributed by atoms with Crippen LogP contribution in [0.5, 0.6) is 5.88 Å². The lowest BCUT2D eigenvalue weighted by Gasteiger charge is -2.07. The summed E-state index contributed by atoms with van der Waals surface area (Å²) < 4.78 is 7.24. The maximum Gasteiger partial charge on any atom is 0.215 e. The molecular formula is C27H20N6OS. The molecule has 0 radical (unpaired) electrons. The predicted molar refractivity (Wildman–Crippen MR) is 137 cm³/mol. The van der Waals surface area contributed by atoms with Crippen molar-refractivity contribution < 1.29 is 4.74 Å². The van der Waals surface area contributed by atoms with Gasteiger partial charge < -0.3 is 14.3 Å². The fraction of sp³-hybridized carbons (Fsp3) is 0.111. The summed E-state index contributed by atoms with van der Waals surface area (Å²) in [6.07, 6.45) is 3.45. The predicted octanol–water partition coefficient (Wildman–Crippen LogP) is 6.04. The van der Waals surface area contributed by atoms with Crippen LogP contribution in [0.3, 0.4) is 0 Å². The zero-order chi connectivity index (χ0) is 24.5. The molecule has 0 saturated heterocycles. The average Bonchev–Trinajstić information content (AvgIpc) is 3.57. The van der Waals surface area contributed by atoms with E-state index in [0.717, 1.165) is 37.9 Å². The van der Waals surface area contributed by atoms with Crippen LogP contribution >= 0.6 is 11.3 Å². The van der Waals surface area contributed by atoms with Gasteiger partial charge in [-0.05, 0) is 43.2 Å². The second kappa shape index (κ2) is 8.94. The van der Waals surface area contributed by atoms with Crippen LogP contribution in [0, 0.1) is 36.5 Å². The third-order valence-corrected chi connectivity index (χ3v) is 6.96. The van der Waals surface area contributed by atoms with Crippen molar-refractivity contribution >= 4 is 34.0 Å². The molecule has 4 aromatic heterocycles. The van der Waals surface area contributed by atoms with Gasteiger partial charge >= 0.3 is 0 Å². The first kappa shape index (κ1) is 22.1. The molecule has 1 aromatic carbocycles. The Bertz CT molecular complexity index is 1670. The van der Waals surface area contributed by atoms with Gasteiger partial charge in [0.2, 0.25) is 5.88 Å². The van der Waals surface area contributed by atoms with Crippen molar-refractivity contribution in [2.45, 2.75) is 13.8 Å². The molecule has 0 bridgehead atoms. The van der Waals surface area contributed by atoms with Crippen LogP contribution in [0.1, 0.15) is 28.3 Å². The van der Waals surface area contributed by atoms with Gasteiger partial charge in [0.25, 0.3) is 0 Å². The summed E-state index contributed by atoms with van der Waals surface area (Å²) in [5.74, 6) is 0.920. The number of aryl methyl sites for hydroxylation is 1. The lowest BCUT2D eigenvalue weighted by Crippen LogP contribution is -1.98. The molecule has 7 nitrogen and oxygen atoms in total. The number of pyridine rings is 1. The highest BCUT2D eigenvalue weighted by Crippen LogP contribution is 2.36. The number of aromatic amines is 1. The molecule has 5 rings (SSSR count). The lowest BCUT2D eigenvalue weighted by atomic mass is 10.1. The summed E-state index contributed by atoms with van der Waals surface area (Å²) >= 11 is 1.58. The SMILES string of the molecule is COc1cc2nc(C(C#N)=Cc3cc(C)n(-c4sc(-c5ccccc5)cc4C#N)c3C)[nH]c2cn1. The van der Waals surface area contributed by atoms with Crippen LogP contribution in [-0.2, 0) is 0 Å². The monoisotopic (exact) mass is 476 g/mol. The third-order valence-electron chi connectivity index (χ3n) is 5.79. The summed E-state index contributed by atoms with van der Waals surface area (Å²) in [6.45, 7) is 3.99. The number of benzene rings is 1. The number of hydrogen-bond donors (Lipinski definition) is 1. The molecule has 5 aromatic rings. The standard InChI is InChI=1S/C27H20N6OS/c1-16-9-19(10-20(13-28)26-31-22-12-25(34-3)30-15-23(22)32-26)17(2)33(16)27-21(14-29)11-24(35-27)18-7-5-4-6-8-18/h4-12,15H,1-3H3,(H,31,32). The second-order valence-electron chi connectivity index (χ2n) is 7.97. The molecule has 0 aliphatic heterocycles. The Morgan fingerprint density at radius 2 is 1.94 bits per heavy atom. The van der Waals surface area contributed by atoms with E-state index in [-0.39, 0.29) is 0 Å². The minimum absolute atomic E-state index is 0.400. The number of methoxy groups -OCH3 is 1. The number of nitrogens with one attached hydrogen (secondary N) is 1. The molecule has 8 heteroatoms. The highest BCUT2D eigenvalue weighted by molar-refractivity contribution is 7.18. The highest BCUT2D eigenvalue weighted by atomic mass is 32.1. The van der Waals surface area contributed by atoms with Crippen molar-refractivity contribution in [3.8, 4) is 33.5 Å². The fourth-order valence-corrected chi connectivity index (χ4v) is 5.28. The second-order valence-corrected chi connectivity index (χ2v) is 9.00. The van der Waals surface area contributed by atoms with E-state index in [0.29, 0.717) is 28.4 Å². The molecule has 170 valence electrons. The van der Waals surface area contributed by atoms with Gasteiger partial charge in [-0.25, -0.2) is 9.97 Å². The molecule has 4 heterocycles. The first-order valence-electron chi connectivity index (χ1n) is 10.8. The van der Waals surface area contributed by atoms with Crippen molar-refractivity contribution in [3.05, 3.63) is 83.1 Å².